The van der Waals surface area contributed by atoms with E-state index in [1.807, 2.05) is 24.3 Å². The smallest absolute Gasteiger partial charge is 0.271 e. The van der Waals surface area contributed by atoms with E-state index in [-0.39, 0.29) is 10.8 Å². The highest BCUT2D eigenvalue weighted by Gasteiger charge is 2.15. The Morgan fingerprint density at radius 3 is 2.44 bits per heavy atom. The number of nitrogens with one attached hydrogen (secondary N) is 2. The molecule has 0 aromatic heterocycles. The number of hydrogen-bond acceptors (Lipinski definition) is 5. The molecule has 0 spiro atoms. The summed E-state index contributed by atoms with van der Waals surface area (Å²) in [5.41, 5.74) is 0.657. The Balaban J connectivity index is 1.78. The molecule has 1 amide bonds. The van der Waals surface area contributed by atoms with Gasteiger partial charge in [-0.25, -0.2) is 0 Å². The maximum Gasteiger partial charge on any atom is 0.271 e. The number of benzene rings is 3. The van der Waals surface area contributed by atoms with Crippen LogP contribution in [-0.2, 0) is 0 Å². The number of carbonyl (C=O) groups excluding carboxylic acids is 1. The van der Waals surface area contributed by atoms with Gasteiger partial charge in [-0.05, 0) is 41.2 Å². The van der Waals surface area contributed by atoms with Crippen LogP contribution in [0.1, 0.15) is 10.4 Å². The first-order valence-corrected chi connectivity index (χ1v) is 8.32. The van der Waals surface area contributed by atoms with Gasteiger partial charge in [0.1, 0.15) is 5.75 Å². The zero-order valence-corrected chi connectivity index (χ0v) is 15.1. The molecule has 0 heterocycles. The quantitative estimate of drug-likeness (QED) is 0.405. The Labute approximate surface area is 160 Å². The molecule has 0 fully saturated rings. The van der Waals surface area contributed by atoms with Crippen LogP contribution >= 0.6 is 12.2 Å². The predicted octanol–water partition coefficient (Wildman–Crippen LogP) is 3.88. The van der Waals surface area contributed by atoms with E-state index in [1.165, 1.54) is 25.3 Å². The Morgan fingerprint density at radius 1 is 1.07 bits per heavy atom. The lowest BCUT2D eigenvalue weighted by molar-refractivity contribution is -0.384. The normalized spacial score (nSPS) is 10.3. The second kappa shape index (κ2) is 7.79. The molecule has 7 nitrogen and oxygen atoms in total. The van der Waals surface area contributed by atoms with Crippen molar-refractivity contribution in [1.29, 1.82) is 0 Å². The van der Waals surface area contributed by atoms with Gasteiger partial charge >= 0.3 is 0 Å². The minimum absolute atomic E-state index is 0.0238. The van der Waals surface area contributed by atoms with E-state index in [4.69, 9.17) is 17.0 Å². The Hall–Kier alpha value is -3.52. The van der Waals surface area contributed by atoms with Gasteiger partial charge in [0.15, 0.2) is 5.11 Å². The van der Waals surface area contributed by atoms with Crippen LogP contribution in [0, 0.1) is 10.1 Å². The first-order valence-electron chi connectivity index (χ1n) is 7.91. The van der Waals surface area contributed by atoms with E-state index in [0.29, 0.717) is 17.0 Å². The van der Waals surface area contributed by atoms with Gasteiger partial charge in [0.25, 0.3) is 11.6 Å². The van der Waals surface area contributed by atoms with Crippen molar-refractivity contribution in [2.24, 2.45) is 0 Å². The molecule has 3 aromatic carbocycles. The number of rotatable bonds is 4. The number of fused-ring (bicyclic) bond motifs is 1. The summed E-state index contributed by atoms with van der Waals surface area (Å²) in [6.07, 6.45) is 0. The number of carbonyl (C=O) groups is 1. The lowest BCUT2D eigenvalue weighted by Crippen LogP contribution is -2.34. The Morgan fingerprint density at radius 2 is 1.78 bits per heavy atom. The average Bonchev–Trinajstić information content (AvgIpc) is 2.66. The van der Waals surface area contributed by atoms with Crippen LogP contribution in [0.3, 0.4) is 0 Å². The number of methoxy groups -OCH3 is 1. The summed E-state index contributed by atoms with van der Waals surface area (Å²) in [4.78, 5) is 23.0. The van der Waals surface area contributed by atoms with Crippen molar-refractivity contribution in [2.45, 2.75) is 0 Å². The molecule has 0 aliphatic rings. The topological polar surface area (TPSA) is 93.5 Å². The van der Waals surface area contributed by atoms with Gasteiger partial charge in [0.05, 0.1) is 17.6 Å². The summed E-state index contributed by atoms with van der Waals surface area (Å²) >= 11 is 5.14. The molecule has 136 valence electrons. The minimum Gasteiger partial charge on any atom is -0.496 e. The number of nitro groups is 1. The van der Waals surface area contributed by atoms with E-state index >= 15 is 0 Å². The number of hydrogen-bond donors (Lipinski definition) is 2. The zero-order chi connectivity index (χ0) is 19.4. The van der Waals surface area contributed by atoms with Crippen LogP contribution in [0.2, 0.25) is 0 Å². The van der Waals surface area contributed by atoms with Crippen molar-refractivity contribution in [1.82, 2.24) is 5.32 Å². The fraction of sp³-hybridized carbons (Fsp3) is 0.0526. The van der Waals surface area contributed by atoms with E-state index < -0.39 is 10.8 Å². The molecule has 0 saturated carbocycles. The predicted molar refractivity (Wildman–Crippen MR) is 107 cm³/mol. The van der Waals surface area contributed by atoms with E-state index in [1.54, 1.807) is 18.2 Å². The van der Waals surface area contributed by atoms with Crippen molar-refractivity contribution < 1.29 is 14.5 Å². The van der Waals surface area contributed by atoms with Crippen LogP contribution in [-0.4, -0.2) is 23.1 Å². The molecule has 0 aliphatic carbocycles. The number of amides is 1. The molecule has 8 heteroatoms. The number of thiocarbonyl (C=S) groups is 1. The molecule has 0 bridgehead atoms. The first-order chi connectivity index (χ1) is 13.0. The third-order valence-corrected chi connectivity index (χ3v) is 4.06. The lowest BCUT2D eigenvalue weighted by atomic mass is 10.1. The standard InChI is InChI=1S/C19H15N3O4S/c1-26-17-10-13-6-3-2-5-12(13)9-16(17)18(23)21-19(27)20-14-7-4-8-15(11-14)22(24)25/h2-11H,1H3,(H2,20,21,23,27). The second-order valence-electron chi connectivity index (χ2n) is 5.62. The number of anilines is 1. The molecule has 2 N–H and O–H groups in total. The highest BCUT2D eigenvalue weighted by Crippen LogP contribution is 2.26. The first kappa shape index (κ1) is 18.3. The van der Waals surface area contributed by atoms with Crippen molar-refractivity contribution >= 4 is 45.4 Å². The van der Waals surface area contributed by atoms with Gasteiger partial charge in [-0.2, -0.15) is 0 Å². The van der Waals surface area contributed by atoms with Gasteiger partial charge in [0, 0.05) is 17.8 Å². The molecule has 3 aromatic rings. The van der Waals surface area contributed by atoms with Crippen LogP contribution in [0.15, 0.2) is 60.7 Å². The summed E-state index contributed by atoms with van der Waals surface area (Å²) in [6.45, 7) is 0. The maximum atomic E-state index is 12.6. The van der Waals surface area contributed by atoms with Gasteiger partial charge in [0.2, 0.25) is 0 Å². The molecule has 0 radical (unpaired) electrons. The molecule has 3 rings (SSSR count). The second-order valence-corrected chi connectivity index (χ2v) is 6.02. The number of nitrogens with zero attached hydrogens (tertiary/aromatic N) is 1. The van der Waals surface area contributed by atoms with Crippen molar-refractivity contribution in [2.75, 3.05) is 12.4 Å². The molecular weight excluding hydrogens is 366 g/mol. The molecule has 0 unspecified atom stereocenters. The van der Waals surface area contributed by atoms with Crippen LogP contribution < -0.4 is 15.4 Å². The van der Waals surface area contributed by atoms with Crippen LogP contribution in [0.25, 0.3) is 10.8 Å². The Bertz CT molecular complexity index is 1050. The largest absolute Gasteiger partial charge is 0.496 e. The molecule has 0 saturated heterocycles. The summed E-state index contributed by atoms with van der Waals surface area (Å²) in [5.74, 6) is -0.0233. The third-order valence-electron chi connectivity index (χ3n) is 3.85. The molecule has 0 atom stereocenters. The maximum absolute atomic E-state index is 12.6. The van der Waals surface area contributed by atoms with Gasteiger partial charge in [-0.3, -0.25) is 20.2 Å². The van der Waals surface area contributed by atoms with Crippen LogP contribution in [0.4, 0.5) is 11.4 Å². The van der Waals surface area contributed by atoms with Gasteiger partial charge in [-0.15, -0.1) is 0 Å². The number of ether oxygens (including phenoxy) is 1. The van der Waals surface area contributed by atoms with Crippen molar-refractivity contribution in [3.63, 3.8) is 0 Å². The summed E-state index contributed by atoms with van der Waals surface area (Å²) in [6, 6.07) is 16.9. The summed E-state index contributed by atoms with van der Waals surface area (Å²) < 4.78 is 5.32. The fourth-order valence-corrected chi connectivity index (χ4v) is 2.81. The average molecular weight is 381 g/mol. The molecular formula is C19H15N3O4S. The minimum atomic E-state index is -0.507. The molecule has 27 heavy (non-hydrogen) atoms. The lowest BCUT2D eigenvalue weighted by Gasteiger charge is -2.12. The summed E-state index contributed by atoms with van der Waals surface area (Å²) in [7, 11) is 1.49. The van der Waals surface area contributed by atoms with E-state index in [9.17, 15) is 14.9 Å². The SMILES string of the molecule is COc1cc2ccccc2cc1C(=O)NC(=S)Nc1cccc([N+](=O)[O-])c1. The van der Waals surface area contributed by atoms with Crippen LogP contribution in [0.5, 0.6) is 5.75 Å². The monoisotopic (exact) mass is 381 g/mol. The number of non-ortho nitro benzene ring substituents is 1. The number of nitro benzene ring substituents is 1. The highest BCUT2D eigenvalue weighted by molar-refractivity contribution is 7.80. The van der Waals surface area contributed by atoms with E-state index in [2.05, 4.69) is 10.6 Å². The summed E-state index contributed by atoms with van der Waals surface area (Å²) in [5, 5.41) is 18.0. The van der Waals surface area contributed by atoms with Gasteiger partial charge in [-0.1, -0.05) is 30.3 Å². The van der Waals surface area contributed by atoms with Crippen molar-refractivity contribution in [3.05, 3.63) is 76.3 Å². The van der Waals surface area contributed by atoms with Gasteiger partial charge < -0.3 is 10.1 Å². The van der Waals surface area contributed by atoms with Crippen molar-refractivity contribution in [3.8, 4) is 5.75 Å². The fourth-order valence-electron chi connectivity index (χ4n) is 2.60. The van der Waals surface area contributed by atoms with E-state index in [0.717, 1.165) is 10.8 Å². The molecule has 0 aliphatic heterocycles. The Kier molecular flexibility index (Phi) is 5.28. The third kappa shape index (κ3) is 4.18. The highest BCUT2D eigenvalue weighted by atomic mass is 32.1. The zero-order valence-electron chi connectivity index (χ0n) is 14.3.